The van der Waals surface area contributed by atoms with E-state index in [1.54, 1.807) is 0 Å². The molecular formula is C67H74N4O. The first-order chi connectivity index (χ1) is 33.9. The van der Waals surface area contributed by atoms with Gasteiger partial charge in [0.1, 0.15) is 28.5 Å². The van der Waals surface area contributed by atoms with Crippen molar-refractivity contribution in [2.24, 2.45) is 4.99 Å². The minimum absolute atomic E-state index is 0.0150. The maximum absolute atomic E-state index is 7.49. The third kappa shape index (κ3) is 6.70. The van der Waals surface area contributed by atoms with E-state index in [1.165, 1.54) is 99.9 Å². The van der Waals surface area contributed by atoms with Crippen molar-refractivity contribution in [1.29, 1.82) is 0 Å². The smallest absolute Gasteiger partial charge is 0.145 e. The zero-order valence-corrected chi connectivity index (χ0v) is 46.3. The molecule has 368 valence electrons. The Hall–Kier alpha value is -6.46. The van der Waals surface area contributed by atoms with Crippen LogP contribution in [0.25, 0.3) is 38.8 Å². The quantitative estimate of drug-likeness (QED) is 0.160. The Morgan fingerprint density at radius 2 is 1.29 bits per heavy atom. The number of fused-ring (bicyclic) bond motifs is 8. The number of nitrogens with zero attached hydrogens (tertiary/aromatic N) is 4. The molecule has 2 atom stereocenters. The van der Waals surface area contributed by atoms with Crippen molar-refractivity contribution >= 4 is 33.5 Å². The van der Waals surface area contributed by atoms with Gasteiger partial charge < -0.3 is 9.64 Å². The molecule has 0 spiro atoms. The molecular weight excluding hydrogens is 877 g/mol. The molecule has 0 bridgehead atoms. The average molecular weight is 951 g/mol. The van der Waals surface area contributed by atoms with Crippen molar-refractivity contribution in [3.63, 3.8) is 0 Å². The van der Waals surface area contributed by atoms with Crippen LogP contribution in [0.4, 0.5) is 5.69 Å². The van der Waals surface area contributed by atoms with Crippen LogP contribution in [-0.2, 0) is 22.8 Å². The maximum Gasteiger partial charge on any atom is 0.145 e. The Morgan fingerprint density at radius 3 is 1.94 bits per heavy atom. The number of benzene rings is 6. The largest absolute Gasteiger partial charge is 0.457 e. The lowest BCUT2D eigenvalue weighted by molar-refractivity contribution is 0.321. The first-order valence-electron chi connectivity index (χ1n) is 26.5. The number of aromatic nitrogens is 2. The molecule has 0 N–H and O–H groups in total. The number of ether oxygens (including phenoxy) is 1. The van der Waals surface area contributed by atoms with Gasteiger partial charge in [-0.05, 0) is 217 Å². The molecule has 0 saturated carbocycles. The lowest BCUT2D eigenvalue weighted by Gasteiger charge is -2.43. The highest BCUT2D eigenvalue weighted by molar-refractivity contribution is 6.15. The fraction of sp³-hybridized carbons (Fsp3) is 0.373. The fourth-order valence-corrected chi connectivity index (χ4v) is 13.1. The van der Waals surface area contributed by atoms with E-state index in [-0.39, 0.29) is 16.4 Å². The Bertz CT molecular complexity index is 3610. The fourth-order valence-electron chi connectivity index (χ4n) is 13.1. The number of amidine groups is 1. The zero-order valence-electron chi connectivity index (χ0n) is 46.3. The second-order valence-corrected chi connectivity index (χ2v) is 24.5. The first-order valence-corrected chi connectivity index (χ1v) is 26.5. The highest BCUT2D eigenvalue weighted by Crippen LogP contribution is 2.58. The molecule has 1 aliphatic carbocycles. The number of aliphatic imine (C=N–C) groups is 1. The van der Waals surface area contributed by atoms with Gasteiger partial charge in [-0.1, -0.05) is 105 Å². The van der Waals surface area contributed by atoms with E-state index in [1.807, 2.05) is 6.20 Å². The summed E-state index contributed by atoms with van der Waals surface area (Å²) < 4.78 is 9.90. The van der Waals surface area contributed by atoms with Crippen LogP contribution in [0.2, 0.25) is 0 Å². The van der Waals surface area contributed by atoms with Crippen molar-refractivity contribution in [2.75, 3.05) is 4.90 Å². The molecule has 2 aromatic heterocycles. The topological polar surface area (TPSA) is 42.6 Å². The molecule has 11 rings (SSSR count). The van der Waals surface area contributed by atoms with Crippen LogP contribution in [0, 0.1) is 48.5 Å². The normalized spacial score (nSPS) is 18.9. The molecule has 5 heteroatoms. The summed E-state index contributed by atoms with van der Waals surface area (Å²) in [5.41, 5.74) is 25.2. The summed E-state index contributed by atoms with van der Waals surface area (Å²) in [4.78, 5) is 13.9. The summed E-state index contributed by atoms with van der Waals surface area (Å²) in [6, 6.07) is 34.8. The Morgan fingerprint density at radius 1 is 0.625 bits per heavy atom. The van der Waals surface area contributed by atoms with Gasteiger partial charge in [-0.3, -0.25) is 9.56 Å². The number of pyridine rings is 1. The third-order valence-corrected chi connectivity index (χ3v) is 18.0. The molecule has 8 aromatic rings. The summed E-state index contributed by atoms with van der Waals surface area (Å²) in [6.07, 6.45) is 2.82. The van der Waals surface area contributed by atoms with Crippen molar-refractivity contribution in [1.82, 2.24) is 9.55 Å². The lowest BCUT2D eigenvalue weighted by Crippen LogP contribution is -2.54. The second kappa shape index (κ2) is 16.0. The van der Waals surface area contributed by atoms with Gasteiger partial charge >= 0.3 is 0 Å². The number of anilines is 1. The van der Waals surface area contributed by atoms with Crippen molar-refractivity contribution < 1.29 is 4.74 Å². The Balaban J connectivity index is 1.17. The van der Waals surface area contributed by atoms with E-state index >= 15 is 0 Å². The second-order valence-electron chi connectivity index (χ2n) is 24.5. The third-order valence-electron chi connectivity index (χ3n) is 18.0. The molecule has 6 aromatic carbocycles. The molecule has 0 amide bonds. The maximum atomic E-state index is 7.49. The van der Waals surface area contributed by atoms with Crippen LogP contribution in [0.1, 0.15) is 171 Å². The van der Waals surface area contributed by atoms with Gasteiger partial charge in [-0.15, -0.1) is 0 Å². The summed E-state index contributed by atoms with van der Waals surface area (Å²) in [5, 5.41) is 2.42. The van der Waals surface area contributed by atoms with Gasteiger partial charge in [-0.2, -0.15) is 0 Å². The molecule has 4 heterocycles. The lowest BCUT2D eigenvalue weighted by atomic mass is 9.72. The van der Waals surface area contributed by atoms with Gasteiger partial charge in [0.25, 0.3) is 0 Å². The van der Waals surface area contributed by atoms with E-state index in [9.17, 15) is 0 Å². The number of rotatable bonds is 7. The molecule has 2 aliphatic heterocycles. The molecule has 0 fully saturated rings. The molecule has 3 aliphatic rings. The molecule has 72 heavy (non-hydrogen) atoms. The Kier molecular flexibility index (Phi) is 10.6. The van der Waals surface area contributed by atoms with E-state index in [2.05, 4.69) is 225 Å². The van der Waals surface area contributed by atoms with E-state index in [0.29, 0.717) is 11.8 Å². The number of hydrogen-bond acceptors (Lipinski definition) is 4. The number of hydrogen-bond donors (Lipinski definition) is 0. The highest BCUT2D eigenvalue weighted by Gasteiger charge is 2.62. The molecule has 0 unspecified atom stereocenters. The van der Waals surface area contributed by atoms with Gasteiger partial charge in [0.2, 0.25) is 0 Å². The Labute approximate surface area is 429 Å². The van der Waals surface area contributed by atoms with Crippen LogP contribution in [0.3, 0.4) is 0 Å². The van der Waals surface area contributed by atoms with E-state index < -0.39 is 5.54 Å². The van der Waals surface area contributed by atoms with Gasteiger partial charge in [0.15, 0.2) is 0 Å². The standard InChI is InChI=1S/C67H74N4O/c1-36(2)49-21-19-22-50(37(3)4)59(49)45-29-46(62-69-67(18)54-25-24-38(5)42(9)53(54)35-66(67,17)71(62)60-43(10)39(6)27-40(7)44(60)11)31-48(30-45)72-58-34-57-55(28-41(58)8)65(15,16)56-33-47(64(12,13)14)32-52-51-23-20-26-68-63(51)70(57)61(52)56/h19-34,36-37H,35H2,1-18H3/t66-,67+/m0/s1. The minimum atomic E-state index is -0.520. The molecule has 5 nitrogen and oxygen atoms in total. The minimum Gasteiger partial charge on any atom is -0.457 e. The van der Waals surface area contributed by atoms with Crippen LogP contribution in [0.15, 0.2) is 102 Å². The van der Waals surface area contributed by atoms with E-state index in [0.717, 1.165) is 51.8 Å². The zero-order chi connectivity index (χ0) is 51.5. The van der Waals surface area contributed by atoms with E-state index in [4.69, 9.17) is 14.7 Å². The van der Waals surface area contributed by atoms with Crippen LogP contribution in [-0.4, -0.2) is 20.9 Å². The summed E-state index contributed by atoms with van der Waals surface area (Å²) >= 11 is 0. The van der Waals surface area contributed by atoms with Gasteiger partial charge in [0, 0.05) is 39.7 Å². The SMILES string of the molecule is Cc1cc2c(cc1Oc1cc(C3=N[C@]4(C)c5ccc(C)c(C)c5C[C@]4(C)N3c3c(C)c(C)cc(C)c3C)cc(-c3c(C(C)C)cccc3C(C)C)c1)-n1c3ncccc3c3cc(C(C)(C)C)cc(c31)C2(C)C. The van der Waals surface area contributed by atoms with Crippen molar-refractivity contribution in [2.45, 2.75) is 165 Å². The summed E-state index contributed by atoms with van der Waals surface area (Å²) in [5.74, 6) is 3.23. The molecule has 0 radical (unpaired) electrons. The van der Waals surface area contributed by atoms with Gasteiger partial charge in [-0.25, -0.2) is 4.98 Å². The van der Waals surface area contributed by atoms with Gasteiger partial charge in [0.05, 0.1) is 16.7 Å². The predicted octanol–water partition coefficient (Wildman–Crippen LogP) is 17.5. The average Bonchev–Trinajstić information content (AvgIpc) is 3.86. The monoisotopic (exact) mass is 951 g/mol. The van der Waals surface area contributed by atoms with Crippen molar-refractivity contribution in [3.05, 3.63) is 181 Å². The van der Waals surface area contributed by atoms with Crippen LogP contribution >= 0.6 is 0 Å². The first kappa shape index (κ1) is 47.8. The van der Waals surface area contributed by atoms with Crippen LogP contribution in [0.5, 0.6) is 11.5 Å². The number of aryl methyl sites for hydroxylation is 4. The summed E-state index contributed by atoms with van der Waals surface area (Å²) in [7, 11) is 0. The summed E-state index contributed by atoms with van der Waals surface area (Å²) in [6.45, 7) is 41.8. The molecule has 0 saturated heterocycles. The predicted molar refractivity (Wildman–Crippen MR) is 304 cm³/mol. The highest BCUT2D eigenvalue weighted by atomic mass is 16.5. The van der Waals surface area contributed by atoms with Crippen molar-refractivity contribution in [3.8, 4) is 28.3 Å². The van der Waals surface area contributed by atoms with Crippen LogP contribution < -0.4 is 9.64 Å².